The van der Waals surface area contributed by atoms with Crippen LogP contribution in [-0.2, 0) is 22.6 Å². The minimum atomic E-state index is -0.665. The molecule has 0 aromatic heterocycles. The number of hydrogen-bond acceptors (Lipinski definition) is 4. The zero-order valence-electron chi connectivity index (χ0n) is 16.9. The largest absolute Gasteiger partial charge is 0.454 e. The Hall–Kier alpha value is -2.44. The lowest BCUT2D eigenvalue weighted by atomic mass is 10.1. The topological polar surface area (TPSA) is 67.9 Å². The number of ether oxygens (including phenoxy) is 2. The van der Waals surface area contributed by atoms with Crippen LogP contribution in [0.15, 0.2) is 36.4 Å². The highest BCUT2D eigenvalue weighted by molar-refractivity contribution is 6.36. The monoisotopic (exact) mass is 450 g/mol. The molecule has 3 rings (SSSR count). The van der Waals surface area contributed by atoms with Gasteiger partial charge < -0.3 is 19.7 Å². The standard InChI is InChI=1S/C22H24Cl2N2O4/c1-3-25-22(28)14(2)26(12-16-17(23)5-4-6-18(16)24)21(27)10-8-15-7-9-19-20(11-15)30-13-29-19/h4-7,9,11,14H,3,8,10,12-13H2,1-2H3,(H,25,28). The van der Waals surface area contributed by atoms with E-state index in [9.17, 15) is 9.59 Å². The number of halogens is 2. The average Bonchev–Trinajstić information content (AvgIpc) is 3.19. The van der Waals surface area contributed by atoms with Crippen LogP contribution in [0.5, 0.6) is 11.5 Å². The van der Waals surface area contributed by atoms with E-state index in [0.29, 0.717) is 40.1 Å². The highest BCUT2D eigenvalue weighted by atomic mass is 35.5. The van der Waals surface area contributed by atoms with Gasteiger partial charge in [-0.2, -0.15) is 0 Å². The summed E-state index contributed by atoms with van der Waals surface area (Å²) < 4.78 is 10.7. The van der Waals surface area contributed by atoms with Gasteiger partial charge in [-0.05, 0) is 50.1 Å². The van der Waals surface area contributed by atoms with Crippen molar-refractivity contribution >= 4 is 35.0 Å². The molecule has 0 fully saturated rings. The van der Waals surface area contributed by atoms with Crippen molar-refractivity contribution < 1.29 is 19.1 Å². The van der Waals surface area contributed by atoms with E-state index in [2.05, 4.69) is 5.32 Å². The number of nitrogens with zero attached hydrogens (tertiary/aromatic N) is 1. The fraction of sp³-hybridized carbons (Fsp3) is 0.364. The Bertz CT molecular complexity index is 915. The van der Waals surface area contributed by atoms with E-state index in [1.165, 1.54) is 4.90 Å². The second-order valence-corrected chi connectivity index (χ2v) is 7.79. The maximum atomic E-state index is 13.1. The number of benzene rings is 2. The van der Waals surface area contributed by atoms with Gasteiger partial charge >= 0.3 is 0 Å². The molecule has 1 aliphatic heterocycles. The quantitative estimate of drug-likeness (QED) is 0.653. The molecule has 30 heavy (non-hydrogen) atoms. The Balaban J connectivity index is 1.76. The van der Waals surface area contributed by atoms with E-state index >= 15 is 0 Å². The molecule has 1 atom stereocenters. The van der Waals surface area contributed by atoms with Crippen molar-refractivity contribution in [3.8, 4) is 11.5 Å². The molecule has 6 nitrogen and oxygen atoms in total. The first kappa shape index (κ1) is 22.2. The summed E-state index contributed by atoms with van der Waals surface area (Å²) in [6.45, 7) is 4.37. The lowest BCUT2D eigenvalue weighted by Crippen LogP contribution is -2.47. The number of rotatable bonds is 8. The van der Waals surface area contributed by atoms with Gasteiger partial charge in [-0.15, -0.1) is 0 Å². The van der Waals surface area contributed by atoms with E-state index in [1.54, 1.807) is 25.1 Å². The predicted molar refractivity (Wildman–Crippen MR) is 116 cm³/mol. The number of hydrogen-bond donors (Lipinski definition) is 1. The van der Waals surface area contributed by atoms with Crippen molar-refractivity contribution in [1.82, 2.24) is 10.2 Å². The van der Waals surface area contributed by atoms with Crippen molar-refractivity contribution in [2.45, 2.75) is 39.3 Å². The smallest absolute Gasteiger partial charge is 0.242 e. The molecule has 2 aromatic carbocycles. The van der Waals surface area contributed by atoms with Crippen LogP contribution in [0.25, 0.3) is 0 Å². The molecular weight excluding hydrogens is 427 g/mol. The maximum Gasteiger partial charge on any atom is 0.242 e. The molecule has 0 saturated carbocycles. The van der Waals surface area contributed by atoms with Crippen LogP contribution in [0.1, 0.15) is 31.4 Å². The molecule has 0 spiro atoms. The van der Waals surface area contributed by atoms with Crippen LogP contribution in [0.2, 0.25) is 10.0 Å². The summed E-state index contributed by atoms with van der Waals surface area (Å²) in [4.78, 5) is 27.1. The number of amides is 2. The third kappa shape index (κ3) is 5.18. The number of likely N-dealkylation sites (N-methyl/N-ethyl adjacent to an activating group) is 1. The molecule has 0 saturated heterocycles. The summed E-state index contributed by atoms with van der Waals surface area (Å²) in [6.07, 6.45) is 0.732. The molecule has 160 valence electrons. The van der Waals surface area contributed by atoms with Crippen molar-refractivity contribution in [2.75, 3.05) is 13.3 Å². The van der Waals surface area contributed by atoms with Gasteiger partial charge in [-0.3, -0.25) is 9.59 Å². The Labute approximate surface area is 186 Å². The summed E-state index contributed by atoms with van der Waals surface area (Å²) >= 11 is 12.6. The van der Waals surface area contributed by atoms with Crippen LogP contribution in [-0.4, -0.2) is 36.1 Å². The second-order valence-electron chi connectivity index (χ2n) is 6.98. The molecule has 1 aliphatic rings. The third-order valence-electron chi connectivity index (χ3n) is 4.97. The Kier molecular flexibility index (Phi) is 7.45. The van der Waals surface area contributed by atoms with Crippen molar-refractivity contribution in [3.05, 3.63) is 57.6 Å². The van der Waals surface area contributed by atoms with Gasteiger partial charge in [-0.1, -0.05) is 35.3 Å². The molecule has 0 bridgehead atoms. The third-order valence-corrected chi connectivity index (χ3v) is 5.68. The summed E-state index contributed by atoms with van der Waals surface area (Å²) in [5.41, 5.74) is 1.57. The van der Waals surface area contributed by atoms with Crippen LogP contribution in [0.3, 0.4) is 0 Å². The predicted octanol–water partition coefficient (Wildman–Crippen LogP) is 4.21. The van der Waals surface area contributed by atoms with E-state index in [0.717, 1.165) is 5.56 Å². The fourth-order valence-corrected chi connectivity index (χ4v) is 3.77. The van der Waals surface area contributed by atoms with Crippen LogP contribution in [0.4, 0.5) is 0 Å². The molecule has 2 aromatic rings. The highest BCUT2D eigenvalue weighted by Crippen LogP contribution is 2.33. The first-order valence-corrected chi connectivity index (χ1v) is 10.5. The molecule has 2 amide bonds. The average molecular weight is 451 g/mol. The summed E-state index contributed by atoms with van der Waals surface area (Å²) in [5, 5.41) is 3.68. The SMILES string of the molecule is CCNC(=O)C(C)N(Cc1c(Cl)cccc1Cl)C(=O)CCc1ccc2c(c1)OCO2. The second kappa shape index (κ2) is 10.0. The number of carbonyl (C=O) groups excluding carboxylic acids is 2. The molecular formula is C22H24Cl2N2O4. The molecule has 0 aliphatic carbocycles. The first-order valence-electron chi connectivity index (χ1n) is 9.79. The Morgan fingerprint density at radius 1 is 1.13 bits per heavy atom. The Morgan fingerprint density at radius 3 is 2.53 bits per heavy atom. The van der Waals surface area contributed by atoms with Gasteiger partial charge in [0, 0.05) is 35.1 Å². The van der Waals surface area contributed by atoms with Crippen LogP contribution in [0, 0.1) is 0 Å². The zero-order valence-corrected chi connectivity index (χ0v) is 18.4. The molecule has 1 N–H and O–H groups in total. The normalized spacial score (nSPS) is 13.1. The minimum absolute atomic E-state index is 0.150. The summed E-state index contributed by atoms with van der Waals surface area (Å²) in [6, 6.07) is 10.1. The van der Waals surface area contributed by atoms with Crippen molar-refractivity contribution in [1.29, 1.82) is 0 Å². The summed E-state index contributed by atoms with van der Waals surface area (Å²) in [5.74, 6) is 0.986. The lowest BCUT2D eigenvalue weighted by molar-refractivity contribution is -0.140. The van der Waals surface area contributed by atoms with E-state index in [-0.39, 0.29) is 31.6 Å². The zero-order chi connectivity index (χ0) is 21.7. The van der Waals surface area contributed by atoms with Crippen molar-refractivity contribution in [2.24, 2.45) is 0 Å². The van der Waals surface area contributed by atoms with E-state index in [4.69, 9.17) is 32.7 Å². The molecule has 0 radical (unpaired) electrons. The highest BCUT2D eigenvalue weighted by Gasteiger charge is 2.27. The van der Waals surface area contributed by atoms with Gasteiger partial charge in [0.15, 0.2) is 11.5 Å². The van der Waals surface area contributed by atoms with Gasteiger partial charge in [0.25, 0.3) is 0 Å². The maximum absolute atomic E-state index is 13.1. The number of fused-ring (bicyclic) bond motifs is 1. The fourth-order valence-electron chi connectivity index (χ4n) is 3.25. The number of aryl methyl sites for hydroxylation is 1. The minimum Gasteiger partial charge on any atom is -0.454 e. The first-order chi connectivity index (χ1) is 14.4. The van der Waals surface area contributed by atoms with Crippen molar-refractivity contribution in [3.63, 3.8) is 0 Å². The van der Waals surface area contributed by atoms with Crippen LogP contribution < -0.4 is 14.8 Å². The van der Waals surface area contributed by atoms with Gasteiger partial charge in [-0.25, -0.2) is 0 Å². The Morgan fingerprint density at radius 2 is 1.83 bits per heavy atom. The van der Waals surface area contributed by atoms with E-state index in [1.807, 2.05) is 25.1 Å². The van der Waals surface area contributed by atoms with E-state index < -0.39 is 6.04 Å². The molecule has 8 heteroatoms. The van der Waals surface area contributed by atoms with Gasteiger partial charge in [0.2, 0.25) is 18.6 Å². The molecule has 1 unspecified atom stereocenters. The van der Waals surface area contributed by atoms with Gasteiger partial charge in [0.05, 0.1) is 0 Å². The van der Waals surface area contributed by atoms with Gasteiger partial charge in [0.1, 0.15) is 6.04 Å². The molecule has 1 heterocycles. The number of carbonyl (C=O) groups is 2. The number of nitrogens with one attached hydrogen (secondary N) is 1. The van der Waals surface area contributed by atoms with Crippen LogP contribution >= 0.6 is 23.2 Å². The lowest BCUT2D eigenvalue weighted by Gasteiger charge is -2.29. The summed E-state index contributed by atoms with van der Waals surface area (Å²) in [7, 11) is 0.